The predicted molar refractivity (Wildman–Crippen MR) is 72.3 cm³/mol. The van der Waals surface area contributed by atoms with Crippen LogP contribution >= 0.6 is 0 Å². The first-order valence-electron chi connectivity index (χ1n) is 6.41. The first-order valence-corrected chi connectivity index (χ1v) is 6.41. The average Bonchev–Trinajstić information content (AvgIpc) is 2.93. The summed E-state index contributed by atoms with van der Waals surface area (Å²) >= 11 is 0. The molecule has 1 aromatic carbocycles. The predicted octanol–water partition coefficient (Wildman–Crippen LogP) is 1.07. The van der Waals surface area contributed by atoms with Crippen LogP contribution < -0.4 is 16.2 Å². The van der Waals surface area contributed by atoms with E-state index < -0.39 is 11.9 Å². The standard InChI is InChI=1S/C13H17FN4O2/c1-15-13(20)18-7-3-6-11(18)12(19)17-16-10-5-2-4-9(14)8-10/h2,4-5,8,11,16H,3,6-7H2,1H3,(H,15,20)(H,17,19). The molecule has 0 aliphatic carbocycles. The summed E-state index contributed by atoms with van der Waals surface area (Å²) in [5.74, 6) is -0.701. The van der Waals surface area contributed by atoms with Gasteiger partial charge in [0.15, 0.2) is 0 Å². The molecule has 1 aliphatic rings. The van der Waals surface area contributed by atoms with E-state index in [4.69, 9.17) is 0 Å². The van der Waals surface area contributed by atoms with Gasteiger partial charge in [0.25, 0.3) is 5.91 Å². The summed E-state index contributed by atoms with van der Waals surface area (Å²) in [6, 6.07) is 4.98. The molecule has 3 N–H and O–H groups in total. The van der Waals surface area contributed by atoms with E-state index in [9.17, 15) is 14.0 Å². The van der Waals surface area contributed by atoms with Crippen molar-refractivity contribution in [3.05, 3.63) is 30.1 Å². The molecule has 108 valence electrons. The van der Waals surface area contributed by atoms with Gasteiger partial charge in [0, 0.05) is 13.6 Å². The molecule has 20 heavy (non-hydrogen) atoms. The summed E-state index contributed by atoms with van der Waals surface area (Å²) < 4.78 is 13.0. The van der Waals surface area contributed by atoms with E-state index in [1.54, 1.807) is 6.07 Å². The molecule has 0 spiro atoms. The minimum absolute atomic E-state index is 0.270. The molecule has 0 radical (unpaired) electrons. The van der Waals surface area contributed by atoms with Crippen LogP contribution in [0.2, 0.25) is 0 Å². The summed E-state index contributed by atoms with van der Waals surface area (Å²) in [4.78, 5) is 25.1. The van der Waals surface area contributed by atoms with E-state index >= 15 is 0 Å². The highest BCUT2D eigenvalue weighted by atomic mass is 19.1. The number of hydrogen-bond acceptors (Lipinski definition) is 3. The zero-order valence-electron chi connectivity index (χ0n) is 11.1. The van der Waals surface area contributed by atoms with Gasteiger partial charge in [-0.25, -0.2) is 9.18 Å². The van der Waals surface area contributed by atoms with Crippen molar-refractivity contribution in [3.8, 4) is 0 Å². The Morgan fingerprint density at radius 1 is 1.40 bits per heavy atom. The highest BCUT2D eigenvalue weighted by Crippen LogP contribution is 2.17. The molecule has 2 rings (SSSR count). The van der Waals surface area contributed by atoms with Crippen molar-refractivity contribution in [2.45, 2.75) is 18.9 Å². The molecule has 0 aromatic heterocycles. The molecule has 6 nitrogen and oxygen atoms in total. The zero-order chi connectivity index (χ0) is 14.5. The maximum atomic E-state index is 13.0. The van der Waals surface area contributed by atoms with Crippen molar-refractivity contribution in [1.29, 1.82) is 0 Å². The molecule has 3 amide bonds. The molecule has 0 saturated carbocycles. The van der Waals surface area contributed by atoms with Crippen molar-refractivity contribution in [2.24, 2.45) is 0 Å². The topological polar surface area (TPSA) is 73.5 Å². The third kappa shape index (κ3) is 3.17. The van der Waals surface area contributed by atoms with E-state index in [-0.39, 0.29) is 11.9 Å². The molecule has 1 unspecified atom stereocenters. The molecule has 1 heterocycles. The molecule has 1 aromatic rings. The molecule has 1 atom stereocenters. The third-order valence-corrected chi connectivity index (χ3v) is 3.18. The Morgan fingerprint density at radius 3 is 2.90 bits per heavy atom. The maximum absolute atomic E-state index is 13.0. The van der Waals surface area contributed by atoms with E-state index in [2.05, 4.69) is 16.2 Å². The quantitative estimate of drug-likeness (QED) is 0.725. The minimum atomic E-state index is -0.504. The molecule has 1 aliphatic heterocycles. The molecular formula is C13H17FN4O2. The monoisotopic (exact) mass is 280 g/mol. The number of urea groups is 1. The Bertz CT molecular complexity index is 509. The first kappa shape index (κ1) is 14.1. The Kier molecular flexibility index (Phi) is 4.39. The van der Waals surface area contributed by atoms with Gasteiger partial charge < -0.3 is 10.2 Å². The van der Waals surface area contributed by atoms with E-state index in [1.165, 1.54) is 30.1 Å². The van der Waals surface area contributed by atoms with E-state index in [0.29, 0.717) is 18.7 Å². The number of amides is 3. The summed E-state index contributed by atoms with van der Waals surface area (Å²) in [6.45, 7) is 0.553. The summed E-state index contributed by atoms with van der Waals surface area (Å²) in [5.41, 5.74) is 5.59. The lowest BCUT2D eigenvalue weighted by Gasteiger charge is -2.23. The van der Waals surface area contributed by atoms with Gasteiger partial charge in [-0.1, -0.05) is 6.07 Å². The van der Waals surface area contributed by atoms with Crippen molar-refractivity contribution < 1.29 is 14.0 Å². The number of halogens is 1. The number of nitrogens with zero attached hydrogens (tertiary/aromatic N) is 1. The highest BCUT2D eigenvalue weighted by molar-refractivity contribution is 5.88. The highest BCUT2D eigenvalue weighted by Gasteiger charge is 2.33. The number of carbonyl (C=O) groups excluding carboxylic acids is 2. The number of nitrogens with one attached hydrogen (secondary N) is 3. The van der Waals surface area contributed by atoms with Gasteiger partial charge in [-0.2, -0.15) is 0 Å². The van der Waals surface area contributed by atoms with Gasteiger partial charge in [-0.05, 0) is 31.0 Å². The van der Waals surface area contributed by atoms with E-state index in [0.717, 1.165) is 6.42 Å². The van der Waals surface area contributed by atoms with Crippen LogP contribution in [0.5, 0.6) is 0 Å². The Hall–Kier alpha value is -2.31. The first-order chi connectivity index (χ1) is 9.61. The fourth-order valence-corrected chi connectivity index (χ4v) is 2.21. The van der Waals surface area contributed by atoms with Gasteiger partial charge in [0.05, 0.1) is 5.69 Å². The number of carbonyl (C=O) groups is 2. The van der Waals surface area contributed by atoms with Crippen molar-refractivity contribution in [2.75, 3.05) is 19.0 Å². The van der Waals surface area contributed by atoms with Crippen LogP contribution in [0.25, 0.3) is 0 Å². The smallest absolute Gasteiger partial charge is 0.317 e. The fourth-order valence-electron chi connectivity index (χ4n) is 2.21. The SMILES string of the molecule is CNC(=O)N1CCCC1C(=O)NNc1cccc(F)c1. The number of anilines is 1. The molecule has 7 heteroatoms. The average molecular weight is 280 g/mol. The number of hydrazine groups is 1. The zero-order valence-corrected chi connectivity index (χ0v) is 11.1. The van der Waals surface area contributed by atoms with Crippen LogP contribution in [-0.4, -0.2) is 36.5 Å². The van der Waals surface area contributed by atoms with Crippen molar-refractivity contribution in [1.82, 2.24) is 15.6 Å². The maximum Gasteiger partial charge on any atom is 0.317 e. The van der Waals surface area contributed by atoms with Gasteiger partial charge in [0.2, 0.25) is 0 Å². The van der Waals surface area contributed by atoms with Gasteiger partial charge in [-0.15, -0.1) is 0 Å². The van der Waals surface area contributed by atoms with Crippen LogP contribution in [-0.2, 0) is 4.79 Å². The number of rotatable bonds is 3. The van der Waals surface area contributed by atoms with Crippen LogP contribution in [0, 0.1) is 5.82 Å². The number of hydrogen-bond donors (Lipinski definition) is 3. The van der Waals surface area contributed by atoms with E-state index in [1.807, 2.05) is 0 Å². The van der Waals surface area contributed by atoms with Crippen molar-refractivity contribution in [3.63, 3.8) is 0 Å². The van der Waals surface area contributed by atoms with Crippen LogP contribution in [0.4, 0.5) is 14.9 Å². The fraction of sp³-hybridized carbons (Fsp3) is 0.385. The second kappa shape index (κ2) is 6.23. The lowest BCUT2D eigenvalue weighted by Crippen LogP contribution is -2.49. The van der Waals surface area contributed by atoms with Gasteiger partial charge in [0.1, 0.15) is 11.9 Å². The normalized spacial score (nSPS) is 17.7. The summed E-state index contributed by atoms with van der Waals surface area (Å²) in [5, 5.41) is 2.51. The second-order valence-corrected chi connectivity index (χ2v) is 4.53. The van der Waals surface area contributed by atoms with Crippen molar-refractivity contribution >= 4 is 17.6 Å². The van der Waals surface area contributed by atoms with Crippen LogP contribution in [0.3, 0.4) is 0 Å². The minimum Gasteiger partial charge on any atom is -0.341 e. The molecular weight excluding hydrogens is 263 g/mol. The van der Waals surface area contributed by atoms with Crippen LogP contribution in [0.15, 0.2) is 24.3 Å². The summed E-state index contributed by atoms with van der Waals surface area (Å²) in [7, 11) is 1.53. The molecule has 0 bridgehead atoms. The lowest BCUT2D eigenvalue weighted by molar-refractivity contribution is -0.124. The molecule has 1 fully saturated rings. The Morgan fingerprint density at radius 2 is 2.20 bits per heavy atom. The molecule has 1 saturated heterocycles. The Balaban J connectivity index is 1.93. The number of likely N-dealkylation sites (tertiary alicyclic amines) is 1. The third-order valence-electron chi connectivity index (χ3n) is 3.18. The van der Waals surface area contributed by atoms with Crippen LogP contribution in [0.1, 0.15) is 12.8 Å². The largest absolute Gasteiger partial charge is 0.341 e. The Labute approximate surface area is 116 Å². The summed E-state index contributed by atoms with van der Waals surface area (Å²) in [6.07, 6.45) is 1.40. The second-order valence-electron chi connectivity index (χ2n) is 4.53. The van der Waals surface area contributed by atoms with Gasteiger partial charge in [-0.3, -0.25) is 15.6 Å². The lowest BCUT2D eigenvalue weighted by atomic mass is 10.2. The number of benzene rings is 1. The van der Waals surface area contributed by atoms with Gasteiger partial charge >= 0.3 is 6.03 Å².